The van der Waals surface area contributed by atoms with Gasteiger partial charge >= 0.3 is 44.7 Å². The number of ether oxygens (including phenoxy) is 3. The van der Waals surface area contributed by atoms with Gasteiger partial charge in [0.05, 0.1) is 21.3 Å². The number of anilines is 1. The van der Waals surface area contributed by atoms with Gasteiger partial charge < -0.3 is 27.0 Å². The van der Waals surface area contributed by atoms with E-state index < -0.39 is 76.1 Å². The first-order chi connectivity index (χ1) is 24.1. The molecule has 2 heterocycles. The predicted molar refractivity (Wildman–Crippen MR) is 182 cm³/mol. The van der Waals surface area contributed by atoms with Crippen molar-refractivity contribution in [3.05, 3.63) is 24.3 Å². The van der Waals surface area contributed by atoms with Crippen LogP contribution in [0.3, 0.4) is 0 Å². The molecule has 306 valence electrons. The van der Waals surface area contributed by atoms with Crippen LogP contribution in [0.5, 0.6) is 0 Å². The quantitative estimate of drug-likeness (QED) is 0.0774. The second-order valence-electron chi connectivity index (χ2n) is 14.4. The number of halogens is 11. The van der Waals surface area contributed by atoms with Crippen LogP contribution in [-0.2, 0) is 31.7 Å². The number of carbonyl (C=O) groups is 1. The highest BCUT2D eigenvalue weighted by Crippen LogP contribution is 2.51. The standard InChI is InChI=1S/C30H46F11NO7Si4/c1-42(25(43)26(31,28(34,35)36)47-30(40,41)27(32,33)29(37,38)39)22-11-9-12-24(19-22)51(3,4)17-18-52(5)15-8-7-14-46-53(6,49-50(2)48-52)16-10-13-44-20-23-21-45-23/h9,11-12,19,23,50H,7-8,10,13-18,20-21H2,1-6H3. The fourth-order valence-electron chi connectivity index (χ4n) is 5.77. The maximum Gasteiger partial charge on any atom is 0.462 e. The third-order valence-electron chi connectivity index (χ3n) is 9.23. The highest BCUT2D eigenvalue weighted by molar-refractivity contribution is 6.91. The molecule has 3 rings (SSSR count). The minimum absolute atomic E-state index is 0.120. The van der Waals surface area contributed by atoms with E-state index >= 15 is 4.39 Å². The molecule has 0 bridgehead atoms. The Kier molecular flexibility index (Phi) is 14.7. The van der Waals surface area contributed by atoms with Gasteiger partial charge in [0, 0.05) is 25.9 Å². The monoisotopic (exact) mass is 853 g/mol. The molecule has 1 aromatic rings. The average molecular weight is 854 g/mol. The summed E-state index contributed by atoms with van der Waals surface area (Å²) in [5.41, 5.74) is -0.475. The molecule has 5 unspecified atom stereocenters. The van der Waals surface area contributed by atoms with Gasteiger partial charge in [-0.05, 0) is 62.7 Å². The average Bonchev–Trinajstić information content (AvgIpc) is 3.86. The minimum Gasteiger partial charge on any atom is -0.438 e. The van der Waals surface area contributed by atoms with Gasteiger partial charge in [0.15, 0.2) is 8.32 Å². The number of benzene rings is 1. The zero-order chi connectivity index (χ0) is 40.3. The summed E-state index contributed by atoms with van der Waals surface area (Å²) >= 11 is 0. The first-order valence-electron chi connectivity index (χ1n) is 16.9. The summed E-state index contributed by atoms with van der Waals surface area (Å²) in [5, 5.41) is 0.545. The zero-order valence-corrected chi connectivity index (χ0v) is 34.4. The lowest BCUT2D eigenvalue weighted by atomic mass is 10.2. The topological polar surface area (TPSA) is 79.0 Å². The molecule has 0 saturated carbocycles. The molecule has 8 nitrogen and oxygen atoms in total. The first-order valence-corrected chi connectivity index (χ1v) is 27.6. The van der Waals surface area contributed by atoms with Crippen LogP contribution >= 0.6 is 0 Å². The van der Waals surface area contributed by atoms with Crippen LogP contribution in [0, 0.1) is 0 Å². The van der Waals surface area contributed by atoms with Crippen LogP contribution in [0.4, 0.5) is 54.0 Å². The van der Waals surface area contributed by atoms with Crippen molar-refractivity contribution < 1.29 is 80.0 Å². The third kappa shape index (κ3) is 11.8. The van der Waals surface area contributed by atoms with Crippen molar-refractivity contribution in [2.75, 3.05) is 38.4 Å². The molecule has 1 aromatic carbocycles. The molecular formula is C30H46F11NO7Si4. The number of carbonyl (C=O) groups excluding carboxylic acids is 1. The van der Waals surface area contributed by atoms with E-state index in [0.717, 1.165) is 37.4 Å². The van der Waals surface area contributed by atoms with Crippen molar-refractivity contribution in [2.24, 2.45) is 0 Å². The molecule has 0 spiro atoms. The Labute approximate surface area is 305 Å². The number of nitrogens with zero attached hydrogens (tertiary/aromatic N) is 1. The first kappa shape index (κ1) is 45.9. The van der Waals surface area contributed by atoms with E-state index in [9.17, 15) is 48.7 Å². The SMILES string of the molecule is CN(C(=O)C(F)(OC(F)(F)C(F)(F)C(F)(F)F)C(F)(F)F)c1cccc([Si](C)(C)CC[Si]2(C)CCCCO[Si](C)(CCCOCC3CO3)O[SiH](C)O2)c1. The van der Waals surface area contributed by atoms with E-state index in [1.54, 1.807) is 6.07 Å². The molecule has 2 fully saturated rings. The number of amides is 1. The van der Waals surface area contributed by atoms with Crippen molar-refractivity contribution in [1.29, 1.82) is 0 Å². The van der Waals surface area contributed by atoms with Gasteiger partial charge in [-0.2, -0.15) is 48.3 Å². The molecule has 2 saturated heterocycles. The Balaban J connectivity index is 1.74. The second kappa shape index (κ2) is 17.0. The molecule has 0 N–H and O–H groups in total. The molecule has 2 aliphatic rings. The molecule has 53 heavy (non-hydrogen) atoms. The predicted octanol–water partition coefficient (Wildman–Crippen LogP) is 7.75. The van der Waals surface area contributed by atoms with E-state index in [1.807, 2.05) is 26.2 Å². The van der Waals surface area contributed by atoms with Crippen molar-refractivity contribution in [3.63, 3.8) is 0 Å². The summed E-state index contributed by atoms with van der Waals surface area (Å²) in [6, 6.07) is 7.97. The molecule has 0 aromatic heterocycles. The lowest BCUT2D eigenvalue weighted by Crippen LogP contribution is -2.63. The highest BCUT2D eigenvalue weighted by atomic mass is 28.5. The molecule has 1 amide bonds. The Hall–Kier alpha value is -1.45. The maximum atomic E-state index is 15.1. The number of likely N-dealkylation sites (N-methyl/N-ethyl adjacent to an activating group) is 1. The van der Waals surface area contributed by atoms with Crippen LogP contribution in [0.2, 0.25) is 56.9 Å². The van der Waals surface area contributed by atoms with Crippen LogP contribution in [-0.4, -0.2) is 110 Å². The largest absolute Gasteiger partial charge is 0.462 e. The lowest BCUT2D eigenvalue weighted by molar-refractivity contribution is -0.472. The molecule has 0 aliphatic carbocycles. The maximum absolute atomic E-state index is 15.1. The van der Waals surface area contributed by atoms with Crippen molar-refractivity contribution >= 4 is 51.0 Å². The molecule has 23 heteroatoms. The normalized spacial score (nSPS) is 26.5. The van der Waals surface area contributed by atoms with Crippen molar-refractivity contribution in [2.45, 2.75) is 113 Å². The van der Waals surface area contributed by atoms with E-state index in [0.29, 0.717) is 50.8 Å². The minimum atomic E-state index is -7.28. The number of hydrogen-bond donors (Lipinski definition) is 0. The zero-order valence-electron chi connectivity index (χ0n) is 30.2. The van der Waals surface area contributed by atoms with Crippen molar-refractivity contribution in [3.8, 4) is 0 Å². The van der Waals surface area contributed by atoms with Crippen LogP contribution in [0.25, 0.3) is 0 Å². The van der Waals surface area contributed by atoms with Gasteiger partial charge in [0.2, 0.25) is 0 Å². The summed E-state index contributed by atoms with van der Waals surface area (Å²) in [7, 11) is -9.20. The van der Waals surface area contributed by atoms with E-state index in [2.05, 4.69) is 11.3 Å². The van der Waals surface area contributed by atoms with Gasteiger partial charge in [-0.25, -0.2) is 0 Å². The summed E-state index contributed by atoms with van der Waals surface area (Å²) in [6.45, 7) is 12.3. The Morgan fingerprint density at radius 3 is 2.21 bits per heavy atom. The van der Waals surface area contributed by atoms with Gasteiger partial charge in [-0.3, -0.25) is 9.53 Å². The smallest absolute Gasteiger partial charge is 0.438 e. The third-order valence-corrected chi connectivity index (χ3v) is 24.8. The summed E-state index contributed by atoms with van der Waals surface area (Å²) in [6.07, 6.45) is -18.5. The summed E-state index contributed by atoms with van der Waals surface area (Å²) in [4.78, 5) is 12.6. The molecule has 5 atom stereocenters. The van der Waals surface area contributed by atoms with Crippen LogP contribution < -0.4 is 10.1 Å². The van der Waals surface area contributed by atoms with Crippen LogP contribution in [0.15, 0.2) is 24.3 Å². The molecule has 0 radical (unpaired) electrons. The van der Waals surface area contributed by atoms with Gasteiger partial charge in [0.25, 0.3) is 9.28 Å². The number of rotatable bonds is 15. The van der Waals surface area contributed by atoms with E-state index in [-0.39, 0.29) is 11.0 Å². The van der Waals surface area contributed by atoms with Gasteiger partial charge in [0.1, 0.15) is 6.10 Å². The van der Waals surface area contributed by atoms with Gasteiger partial charge in [-0.15, -0.1) is 0 Å². The number of epoxide rings is 1. The molecule has 2 aliphatic heterocycles. The van der Waals surface area contributed by atoms with Crippen LogP contribution in [0.1, 0.15) is 19.3 Å². The Morgan fingerprint density at radius 1 is 0.981 bits per heavy atom. The van der Waals surface area contributed by atoms with Crippen molar-refractivity contribution in [1.82, 2.24) is 0 Å². The second-order valence-corrected chi connectivity index (χ2v) is 29.2. The van der Waals surface area contributed by atoms with E-state index in [1.165, 1.54) is 12.1 Å². The summed E-state index contributed by atoms with van der Waals surface area (Å²) in [5.74, 6) is -16.6. The lowest BCUT2D eigenvalue weighted by Gasteiger charge is -2.38. The highest BCUT2D eigenvalue weighted by Gasteiger charge is 2.80. The number of hydrogen-bond acceptors (Lipinski definition) is 7. The molecular weight excluding hydrogens is 808 g/mol. The van der Waals surface area contributed by atoms with E-state index in [4.69, 9.17) is 22.1 Å². The Morgan fingerprint density at radius 2 is 1.62 bits per heavy atom. The Bertz CT molecular complexity index is 1390. The summed E-state index contributed by atoms with van der Waals surface area (Å²) < 4.78 is 181. The fourth-order valence-corrected chi connectivity index (χ4v) is 22.8. The van der Waals surface area contributed by atoms with Gasteiger partial charge in [-0.1, -0.05) is 42.9 Å². The number of alkyl halides is 11. The fraction of sp³-hybridized carbons (Fsp3) is 0.767.